The average Bonchev–Trinajstić information content (AvgIpc) is 2.65. The average molecular weight is 336 g/mol. The van der Waals surface area contributed by atoms with Crippen molar-refractivity contribution in [2.24, 2.45) is 0 Å². The van der Waals surface area contributed by atoms with E-state index in [1.54, 1.807) is 0 Å². The Morgan fingerprint density at radius 3 is 1.22 bits per heavy atom. The van der Waals surface area contributed by atoms with Gasteiger partial charge in [0, 0.05) is 0 Å². The van der Waals surface area contributed by atoms with Gasteiger partial charge in [-0.3, -0.25) is 0 Å². The van der Waals surface area contributed by atoms with Gasteiger partial charge in [-0.1, -0.05) is 0 Å². The molecule has 118 valence electrons. The molecule has 3 aromatic rings. The van der Waals surface area contributed by atoms with Gasteiger partial charge in [0.15, 0.2) is 0 Å². The fourth-order valence-corrected chi connectivity index (χ4v) is 9.64. The van der Waals surface area contributed by atoms with Gasteiger partial charge in [0.05, 0.1) is 0 Å². The number of benzene rings is 3. The van der Waals surface area contributed by atoms with Crippen molar-refractivity contribution in [2.45, 2.75) is 12.5 Å². The predicted molar refractivity (Wildman–Crippen MR) is 111 cm³/mol. The summed E-state index contributed by atoms with van der Waals surface area (Å²) < 4.78 is 0. The van der Waals surface area contributed by atoms with E-state index in [9.17, 15) is 0 Å². The Morgan fingerprint density at radius 1 is 0.565 bits per heavy atom. The topological polar surface area (TPSA) is 0 Å². The molecule has 0 aliphatic carbocycles. The summed E-state index contributed by atoms with van der Waals surface area (Å²) in [6.07, 6.45) is 2.63. The third-order valence-electron chi connectivity index (χ3n) is 4.71. The van der Waals surface area contributed by atoms with Gasteiger partial charge in [0.25, 0.3) is 0 Å². The van der Waals surface area contributed by atoms with E-state index in [-0.39, 0.29) is 0 Å². The third-order valence-corrected chi connectivity index (χ3v) is 10.5. The Labute approximate surface area is 143 Å². The van der Waals surface area contributed by atoms with Crippen LogP contribution in [0.3, 0.4) is 0 Å². The Hall–Kier alpha value is -1.69. The van der Waals surface area contributed by atoms with Gasteiger partial charge in [0.1, 0.15) is 0 Å². The Bertz CT molecular complexity index is 614. The molecule has 3 rings (SSSR count). The molecule has 0 saturated heterocycles. The first kappa shape index (κ1) is 16.2. The monoisotopic (exact) mass is 336 g/mol. The number of hydrogen-bond donors (Lipinski definition) is 0. The third kappa shape index (κ3) is 3.32. The second kappa shape index (κ2) is 7.72. The van der Waals surface area contributed by atoms with Gasteiger partial charge in [-0.2, -0.15) is 0 Å². The van der Waals surface area contributed by atoms with E-state index in [0.29, 0.717) is 0 Å². The van der Waals surface area contributed by atoms with E-state index < -0.39 is 7.26 Å². The normalized spacial score (nSPS) is 12.2. The molecular weight excluding hydrogens is 311 g/mol. The van der Waals surface area contributed by atoms with Gasteiger partial charge < -0.3 is 0 Å². The summed E-state index contributed by atoms with van der Waals surface area (Å²) in [7, 11) is -0.631. The van der Waals surface area contributed by atoms with E-state index >= 15 is 0 Å². The van der Waals surface area contributed by atoms with Crippen LogP contribution >= 0.6 is 7.26 Å². The van der Waals surface area contributed by atoms with Gasteiger partial charge >= 0.3 is 143 Å². The molecule has 0 unspecified atom stereocenters. The minimum atomic E-state index is -1.92. The van der Waals surface area contributed by atoms with E-state index in [0.717, 1.165) is 0 Å². The molecule has 23 heavy (non-hydrogen) atoms. The zero-order valence-electron chi connectivity index (χ0n) is 13.8. The fourth-order valence-electron chi connectivity index (χ4n) is 3.54. The second-order valence-electron chi connectivity index (χ2n) is 6.11. The van der Waals surface area contributed by atoms with Crippen LogP contribution in [0.25, 0.3) is 0 Å². The first-order valence-corrected chi connectivity index (χ1v) is 12.2. The van der Waals surface area contributed by atoms with Crippen molar-refractivity contribution in [3.05, 3.63) is 91.0 Å². The van der Waals surface area contributed by atoms with Gasteiger partial charge in [-0.15, -0.1) is 0 Å². The zero-order valence-corrected chi connectivity index (χ0v) is 16.8. The fraction of sp³-hybridized carbons (Fsp3) is 0.143. The van der Waals surface area contributed by atoms with Crippen molar-refractivity contribution >= 4 is 33.4 Å². The molecule has 0 saturated carbocycles. The molecule has 0 aromatic heterocycles. The van der Waals surface area contributed by atoms with E-state index in [1.807, 2.05) is 0 Å². The number of rotatable bonds is 6. The summed E-state index contributed by atoms with van der Waals surface area (Å²) in [6.45, 7) is 0. The zero-order chi connectivity index (χ0) is 16.0. The molecular formula is C21H25PSi. The van der Waals surface area contributed by atoms with Crippen LogP contribution in [-0.2, 0) is 0 Å². The molecule has 0 spiro atoms. The molecule has 0 bridgehead atoms. The van der Waals surface area contributed by atoms with E-state index in [4.69, 9.17) is 0 Å². The van der Waals surface area contributed by atoms with Crippen LogP contribution in [0.5, 0.6) is 0 Å². The molecule has 2 heteroatoms. The quantitative estimate of drug-likeness (QED) is 0.480. The molecule has 0 aliphatic heterocycles. The van der Waals surface area contributed by atoms with Crippen LogP contribution in [0.15, 0.2) is 91.0 Å². The maximum absolute atomic E-state index is 2.35. The van der Waals surface area contributed by atoms with E-state index in [1.165, 1.54) is 44.8 Å². The summed E-state index contributed by atoms with van der Waals surface area (Å²) in [5.41, 5.74) is 0. The molecule has 0 heterocycles. The summed E-state index contributed by atoms with van der Waals surface area (Å²) in [5.74, 6) is 0. The van der Waals surface area contributed by atoms with E-state index in [2.05, 4.69) is 91.0 Å². The van der Waals surface area contributed by atoms with Crippen LogP contribution in [0.1, 0.15) is 6.42 Å². The van der Waals surface area contributed by atoms with Crippen molar-refractivity contribution < 1.29 is 0 Å². The minimum absolute atomic E-state index is 1.29. The standard InChI is InChI=1S/C21H25PSi/c23-18-10-17-22(19-11-4-1-5-12-19,20-13-6-2-7-14-20)21-15-8-3-9-16-21/h1-9,11-16,22H,10,17-18H2,23H3. The molecule has 0 amide bonds. The van der Waals surface area contributed by atoms with Crippen LogP contribution in [-0.4, -0.2) is 16.4 Å². The van der Waals surface area contributed by atoms with Crippen LogP contribution in [0.4, 0.5) is 0 Å². The molecule has 3 aromatic carbocycles. The Balaban J connectivity index is 2.25. The summed E-state index contributed by atoms with van der Waals surface area (Å²) in [5, 5.41) is 4.60. The van der Waals surface area contributed by atoms with Crippen molar-refractivity contribution in [3.63, 3.8) is 0 Å². The SMILES string of the molecule is [SiH3]CCC[PH](c1ccccc1)(c1ccccc1)c1ccccc1. The van der Waals surface area contributed by atoms with Crippen molar-refractivity contribution in [3.8, 4) is 0 Å². The van der Waals surface area contributed by atoms with Crippen LogP contribution in [0, 0.1) is 0 Å². The van der Waals surface area contributed by atoms with Gasteiger partial charge in [0.2, 0.25) is 0 Å². The molecule has 0 aliphatic rings. The molecule has 0 atom stereocenters. The maximum atomic E-state index is 2.35. The van der Waals surface area contributed by atoms with Crippen molar-refractivity contribution in [2.75, 3.05) is 6.16 Å². The summed E-state index contributed by atoms with van der Waals surface area (Å²) in [6, 6.07) is 35.0. The summed E-state index contributed by atoms with van der Waals surface area (Å²) in [4.78, 5) is 0. The molecule has 0 nitrogen and oxygen atoms in total. The Kier molecular flexibility index (Phi) is 5.43. The molecule has 0 fully saturated rings. The molecule has 0 N–H and O–H groups in total. The predicted octanol–water partition coefficient (Wildman–Crippen LogP) is 2.89. The van der Waals surface area contributed by atoms with Gasteiger partial charge in [-0.05, 0) is 0 Å². The first-order chi connectivity index (χ1) is 11.4. The molecule has 0 radical (unpaired) electrons. The van der Waals surface area contributed by atoms with Crippen LogP contribution < -0.4 is 15.9 Å². The summed E-state index contributed by atoms with van der Waals surface area (Å²) >= 11 is 0. The first-order valence-electron chi connectivity index (χ1n) is 8.54. The Morgan fingerprint density at radius 2 is 0.913 bits per heavy atom. The second-order valence-corrected chi connectivity index (χ2v) is 11.1. The van der Waals surface area contributed by atoms with Crippen molar-refractivity contribution in [1.82, 2.24) is 0 Å². The number of hydrogen-bond acceptors (Lipinski definition) is 0. The van der Waals surface area contributed by atoms with Crippen LogP contribution in [0.2, 0.25) is 6.04 Å². The van der Waals surface area contributed by atoms with Crippen molar-refractivity contribution in [1.29, 1.82) is 0 Å². The van der Waals surface area contributed by atoms with Gasteiger partial charge in [-0.25, -0.2) is 0 Å².